The van der Waals surface area contributed by atoms with Crippen molar-refractivity contribution in [1.29, 1.82) is 0 Å². The van der Waals surface area contributed by atoms with E-state index in [0.29, 0.717) is 6.54 Å². The fourth-order valence-corrected chi connectivity index (χ4v) is 2.10. The van der Waals surface area contributed by atoms with Crippen molar-refractivity contribution < 1.29 is 9.21 Å². The lowest BCUT2D eigenvalue weighted by atomic mass is 10.1. The van der Waals surface area contributed by atoms with Gasteiger partial charge in [0.05, 0.1) is 19.4 Å². The number of furan rings is 1. The van der Waals surface area contributed by atoms with E-state index in [1.165, 1.54) is 0 Å². The van der Waals surface area contributed by atoms with Crippen LogP contribution in [0.25, 0.3) is 0 Å². The molecular weight excluding hydrogens is 252 g/mol. The van der Waals surface area contributed by atoms with Crippen LogP contribution in [0.5, 0.6) is 0 Å². The van der Waals surface area contributed by atoms with Crippen LogP contribution in [0, 0.1) is 6.92 Å². The van der Waals surface area contributed by atoms with E-state index in [-0.39, 0.29) is 12.5 Å². The molecule has 0 radical (unpaired) electrons. The SMILES string of the molecule is CCc1cccc(C)c1NC(=O)CNCc1ccco1. The third-order valence-electron chi connectivity index (χ3n) is 3.17. The highest BCUT2D eigenvalue weighted by Gasteiger charge is 2.08. The molecule has 0 saturated carbocycles. The molecule has 4 nitrogen and oxygen atoms in total. The van der Waals surface area contributed by atoms with Gasteiger partial charge in [-0.1, -0.05) is 25.1 Å². The van der Waals surface area contributed by atoms with Crippen molar-refractivity contribution in [3.63, 3.8) is 0 Å². The van der Waals surface area contributed by atoms with Crippen molar-refractivity contribution in [3.05, 3.63) is 53.5 Å². The molecule has 4 heteroatoms. The minimum Gasteiger partial charge on any atom is -0.468 e. The highest BCUT2D eigenvalue weighted by Crippen LogP contribution is 2.20. The van der Waals surface area contributed by atoms with Gasteiger partial charge in [-0.05, 0) is 36.6 Å². The summed E-state index contributed by atoms with van der Waals surface area (Å²) >= 11 is 0. The Morgan fingerprint density at radius 1 is 1.25 bits per heavy atom. The van der Waals surface area contributed by atoms with Crippen LogP contribution in [0.1, 0.15) is 23.8 Å². The van der Waals surface area contributed by atoms with E-state index in [1.807, 2.05) is 37.3 Å². The molecule has 2 rings (SSSR count). The smallest absolute Gasteiger partial charge is 0.238 e. The summed E-state index contributed by atoms with van der Waals surface area (Å²) in [5, 5.41) is 6.04. The van der Waals surface area contributed by atoms with E-state index in [1.54, 1.807) is 6.26 Å². The first-order valence-corrected chi connectivity index (χ1v) is 6.82. The van der Waals surface area contributed by atoms with Gasteiger partial charge in [0.15, 0.2) is 0 Å². The summed E-state index contributed by atoms with van der Waals surface area (Å²) in [6.07, 6.45) is 2.52. The Hall–Kier alpha value is -2.07. The van der Waals surface area contributed by atoms with E-state index in [9.17, 15) is 4.79 Å². The molecule has 1 aromatic heterocycles. The average Bonchev–Trinajstić information content (AvgIpc) is 2.94. The fourth-order valence-electron chi connectivity index (χ4n) is 2.10. The third kappa shape index (κ3) is 3.71. The Kier molecular flexibility index (Phi) is 4.96. The number of carbonyl (C=O) groups is 1. The predicted molar refractivity (Wildman–Crippen MR) is 79.6 cm³/mol. The largest absolute Gasteiger partial charge is 0.468 e. The molecule has 2 N–H and O–H groups in total. The third-order valence-corrected chi connectivity index (χ3v) is 3.17. The second-order valence-corrected chi connectivity index (χ2v) is 4.69. The summed E-state index contributed by atoms with van der Waals surface area (Å²) in [4.78, 5) is 12.0. The number of hydrogen-bond donors (Lipinski definition) is 2. The van der Waals surface area contributed by atoms with E-state index >= 15 is 0 Å². The van der Waals surface area contributed by atoms with Crippen molar-refractivity contribution in [3.8, 4) is 0 Å². The molecule has 0 aliphatic carbocycles. The molecular formula is C16H20N2O2. The average molecular weight is 272 g/mol. The summed E-state index contributed by atoms with van der Waals surface area (Å²) < 4.78 is 5.20. The van der Waals surface area contributed by atoms with Crippen molar-refractivity contribution >= 4 is 11.6 Å². The fraction of sp³-hybridized carbons (Fsp3) is 0.312. The maximum absolute atomic E-state index is 12.0. The number of carbonyl (C=O) groups excluding carboxylic acids is 1. The number of amides is 1. The Morgan fingerprint density at radius 3 is 2.80 bits per heavy atom. The molecule has 0 atom stereocenters. The van der Waals surface area contributed by atoms with E-state index in [4.69, 9.17) is 4.42 Å². The van der Waals surface area contributed by atoms with Crippen LogP contribution in [0.4, 0.5) is 5.69 Å². The van der Waals surface area contributed by atoms with Crippen molar-refractivity contribution in [2.75, 3.05) is 11.9 Å². The number of para-hydroxylation sites is 1. The van der Waals surface area contributed by atoms with Crippen LogP contribution >= 0.6 is 0 Å². The van der Waals surface area contributed by atoms with Crippen molar-refractivity contribution in [2.45, 2.75) is 26.8 Å². The van der Waals surface area contributed by atoms with Crippen LogP contribution in [-0.4, -0.2) is 12.5 Å². The maximum Gasteiger partial charge on any atom is 0.238 e. The van der Waals surface area contributed by atoms with Crippen LogP contribution < -0.4 is 10.6 Å². The summed E-state index contributed by atoms with van der Waals surface area (Å²) in [5.74, 6) is 0.781. The number of anilines is 1. The zero-order valence-electron chi connectivity index (χ0n) is 11.9. The van der Waals surface area contributed by atoms with Gasteiger partial charge in [-0.3, -0.25) is 4.79 Å². The number of hydrogen-bond acceptors (Lipinski definition) is 3. The molecule has 2 aromatic rings. The Balaban J connectivity index is 1.88. The van der Waals surface area contributed by atoms with E-state index in [2.05, 4.69) is 17.6 Å². The summed E-state index contributed by atoms with van der Waals surface area (Å²) in [6, 6.07) is 9.77. The van der Waals surface area contributed by atoms with Gasteiger partial charge in [-0.15, -0.1) is 0 Å². The lowest BCUT2D eigenvalue weighted by Crippen LogP contribution is -2.28. The summed E-state index contributed by atoms with van der Waals surface area (Å²) in [7, 11) is 0. The molecule has 0 saturated heterocycles. The van der Waals surface area contributed by atoms with Gasteiger partial charge in [0, 0.05) is 5.69 Å². The minimum absolute atomic E-state index is 0.0412. The highest BCUT2D eigenvalue weighted by atomic mass is 16.3. The Labute approximate surface area is 119 Å². The molecule has 106 valence electrons. The van der Waals surface area contributed by atoms with Gasteiger partial charge in [0.1, 0.15) is 5.76 Å². The van der Waals surface area contributed by atoms with Gasteiger partial charge in [0.2, 0.25) is 5.91 Å². The molecule has 0 unspecified atom stereocenters. The highest BCUT2D eigenvalue weighted by molar-refractivity contribution is 5.93. The van der Waals surface area contributed by atoms with Gasteiger partial charge in [-0.2, -0.15) is 0 Å². The van der Waals surface area contributed by atoms with Gasteiger partial charge in [0.25, 0.3) is 0 Å². The minimum atomic E-state index is -0.0412. The zero-order valence-corrected chi connectivity index (χ0v) is 11.9. The predicted octanol–water partition coefficient (Wildman–Crippen LogP) is 2.88. The lowest BCUT2D eigenvalue weighted by molar-refractivity contribution is -0.115. The van der Waals surface area contributed by atoms with Crippen LogP contribution in [0.3, 0.4) is 0 Å². The maximum atomic E-state index is 12.0. The zero-order chi connectivity index (χ0) is 14.4. The van der Waals surface area contributed by atoms with Crippen LogP contribution in [-0.2, 0) is 17.8 Å². The number of rotatable bonds is 6. The number of aryl methyl sites for hydroxylation is 2. The summed E-state index contributed by atoms with van der Waals surface area (Å²) in [6.45, 7) is 4.90. The molecule has 1 heterocycles. The van der Waals surface area contributed by atoms with Crippen LogP contribution in [0.2, 0.25) is 0 Å². The number of benzene rings is 1. The first-order valence-electron chi connectivity index (χ1n) is 6.82. The van der Waals surface area contributed by atoms with Crippen molar-refractivity contribution in [2.24, 2.45) is 0 Å². The second kappa shape index (κ2) is 6.91. The Bertz CT molecular complexity index is 562. The molecule has 0 aliphatic rings. The monoisotopic (exact) mass is 272 g/mol. The lowest BCUT2D eigenvalue weighted by Gasteiger charge is -2.13. The standard InChI is InChI=1S/C16H20N2O2/c1-3-13-7-4-6-12(2)16(13)18-15(19)11-17-10-14-8-5-9-20-14/h4-9,17H,3,10-11H2,1-2H3,(H,18,19). The molecule has 20 heavy (non-hydrogen) atoms. The quantitative estimate of drug-likeness (QED) is 0.850. The molecule has 0 aliphatic heterocycles. The Morgan fingerprint density at radius 2 is 2.10 bits per heavy atom. The van der Waals surface area contributed by atoms with Crippen molar-refractivity contribution in [1.82, 2.24) is 5.32 Å². The van der Waals surface area contributed by atoms with Gasteiger partial charge in [-0.25, -0.2) is 0 Å². The van der Waals surface area contributed by atoms with E-state index in [0.717, 1.165) is 29.0 Å². The second-order valence-electron chi connectivity index (χ2n) is 4.69. The number of nitrogens with one attached hydrogen (secondary N) is 2. The molecule has 0 fully saturated rings. The normalized spacial score (nSPS) is 10.5. The molecule has 0 spiro atoms. The first kappa shape index (κ1) is 14.3. The topological polar surface area (TPSA) is 54.3 Å². The molecule has 1 aromatic carbocycles. The molecule has 0 bridgehead atoms. The summed E-state index contributed by atoms with van der Waals surface area (Å²) in [5.41, 5.74) is 3.17. The van der Waals surface area contributed by atoms with Gasteiger partial charge >= 0.3 is 0 Å². The first-order chi connectivity index (χ1) is 9.70. The van der Waals surface area contributed by atoms with E-state index < -0.39 is 0 Å². The van der Waals surface area contributed by atoms with Gasteiger partial charge < -0.3 is 15.1 Å². The van der Waals surface area contributed by atoms with Crippen LogP contribution in [0.15, 0.2) is 41.0 Å². The molecule has 1 amide bonds.